The number of halogens is 1. The molecule has 6 rings (SSSR count). The molecule has 0 radical (unpaired) electrons. The highest BCUT2D eigenvalue weighted by Gasteiger charge is 2.30. The molecule has 3 aromatic rings. The van der Waals surface area contributed by atoms with Gasteiger partial charge in [-0.25, -0.2) is 17.7 Å². The number of urea groups is 1. The number of nitrogens with zero attached hydrogens (tertiary/aromatic N) is 5. The van der Waals surface area contributed by atoms with Crippen LogP contribution in [0.1, 0.15) is 49.1 Å². The highest BCUT2D eigenvalue weighted by molar-refractivity contribution is 7.82. The molecule has 3 amide bonds. The molecule has 3 N–H and O–H groups in total. The molecular formula is C29H36FN7O3S. The highest BCUT2D eigenvalue weighted by atomic mass is 32.2. The van der Waals surface area contributed by atoms with Crippen LogP contribution in [0, 0.1) is 5.82 Å². The van der Waals surface area contributed by atoms with Crippen molar-refractivity contribution in [1.82, 2.24) is 24.3 Å². The second-order valence-corrected chi connectivity index (χ2v) is 12.8. The van der Waals surface area contributed by atoms with Gasteiger partial charge in [-0.15, -0.1) is 0 Å². The monoisotopic (exact) mass is 581 g/mol. The standard InChI is InChI=1S/C29H36FN7O3S/c1-34-26-17-23(25(30)16-24(26)28(33-34)37-14-9-27(38)32-29(37)39)20-5-10-35(11-6-20)18-19-3-2-4-22(15-19)41(40)36-12-7-21(31)8-13-36/h2-4,15-17,20-21H,5-14,18,31H2,1H3,(H,32,38,39). The van der Waals surface area contributed by atoms with Gasteiger partial charge in [-0.2, -0.15) is 5.10 Å². The van der Waals surface area contributed by atoms with E-state index in [0.717, 1.165) is 74.4 Å². The average Bonchev–Trinajstić information content (AvgIpc) is 3.28. The molecule has 0 bridgehead atoms. The number of nitrogens with two attached hydrogens (primary N) is 1. The van der Waals surface area contributed by atoms with Crippen LogP contribution in [0.3, 0.4) is 0 Å². The van der Waals surface area contributed by atoms with Crippen LogP contribution >= 0.6 is 0 Å². The summed E-state index contributed by atoms with van der Waals surface area (Å²) in [6.45, 7) is 4.14. The fourth-order valence-corrected chi connectivity index (χ4v) is 7.44. The van der Waals surface area contributed by atoms with Crippen molar-refractivity contribution in [2.75, 3.05) is 37.6 Å². The van der Waals surface area contributed by atoms with Crippen LogP contribution in [0.4, 0.5) is 15.0 Å². The molecule has 0 spiro atoms. The van der Waals surface area contributed by atoms with E-state index in [1.807, 2.05) is 28.6 Å². The summed E-state index contributed by atoms with van der Waals surface area (Å²) in [5, 5.41) is 7.35. The zero-order chi connectivity index (χ0) is 28.7. The number of rotatable bonds is 6. The van der Waals surface area contributed by atoms with Gasteiger partial charge < -0.3 is 5.73 Å². The minimum Gasteiger partial charge on any atom is -0.328 e. The summed E-state index contributed by atoms with van der Waals surface area (Å²) < 4.78 is 32.3. The third kappa shape index (κ3) is 5.78. The number of piperidine rings is 2. The van der Waals surface area contributed by atoms with Crippen LogP contribution in [0.25, 0.3) is 10.9 Å². The number of imide groups is 1. The Morgan fingerprint density at radius 2 is 1.80 bits per heavy atom. The average molecular weight is 582 g/mol. The van der Waals surface area contributed by atoms with Gasteiger partial charge in [0.05, 0.1) is 10.4 Å². The van der Waals surface area contributed by atoms with Crippen LogP contribution in [0.5, 0.6) is 0 Å². The van der Waals surface area contributed by atoms with Crippen molar-refractivity contribution in [3.63, 3.8) is 0 Å². The maximum atomic E-state index is 15.5. The summed E-state index contributed by atoms with van der Waals surface area (Å²) in [5.41, 5.74) is 8.56. The van der Waals surface area contributed by atoms with Gasteiger partial charge in [0, 0.05) is 51.1 Å². The van der Waals surface area contributed by atoms with Crippen molar-refractivity contribution in [3.8, 4) is 0 Å². The van der Waals surface area contributed by atoms with Crippen LogP contribution < -0.4 is 16.0 Å². The summed E-state index contributed by atoms with van der Waals surface area (Å²) in [6, 6.07) is 11.0. The lowest BCUT2D eigenvalue weighted by Crippen LogP contribution is -2.49. The number of benzene rings is 2. The first-order valence-electron chi connectivity index (χ1n) is 14.3. The molecule has 3 aliphatic heterocycles. The molecule has 3 aliphatic rings. The molecule has 41 heavy (non-hydrogen) atoms. The van der Waals surface area contributed by atoms with Gasteiger partial charge in [-0.1, -0.05) is 12.1 Å². The lowest BCUT2D eigenvalue weighted by molar-refractivity contribution is -0.120. The first-order valence-corrected chi connectivity index (χ1v) is 15.4. The maximum absolute atomic E-state index is 15.5. The van der Waals surface area contributed by atoms with Crippen LogP contribution in [-0.4, -0.2) is 73.9 Å². The molecule has 12 heteroatoms. The van der Waals surface area contributed by atoms with Crippen LogP contribution in [-0.2, 0) is 29.4 Å². The van der Waals surface area contributed by atoms with Gasteiger partial charge in [0.2, 0.25) is 5.91 Å². The third-order valence-electron chi connectivity index (χ3n) is 8.53. The number of anilines is 1. The topological polar surface area (TPSA) is 117 Å². The van der Waals surface area contributed by atoms with Gasteiger partial charge >= 0.3 is 6.03 Å². The molecule has 2 aromatic carbocycles. The lowest BCUT2D eigenvalue weighted by Gasteiger charge is -2.32. The number of likely N-dealkylation sites (tertiary alicyclic amines) is 1. The number of aryl methyl sites for hydroxylation is 1. The van der Waals surface area contributed by atoms with E-state index in [0.29, 0.717) is 16.8 Å². The predicted molar refractivity (Wildman–Crippen MR) is 155 cm³/mol. The number of amides is 3. The van der Waals surface area contributed by atoms with Crippen molar-refractivity contribution < 1.29 is 18.2 Å². The van der Waals surface area contributed by atoms with Crippen LogP contribution in [0.2, 0.25) is 0 Å². The van der Waals surface area contributed by atoms with Crippen LogP contribution in [0.15, 0.2) is 41.3 Å². The number of carbonyl (C=O) groups is 2. The van der Waals surface area contributed by atoms with E-state index in [4.69, 9.17) is 5.73 Å². The molecule has 1 unspecified atom stereocenters. The molecular weight excluding hydrogens is 545 g/mol. The summed E-state index contributed by atoms with van der Waals surface area (Å²) in [4.78, 5) is 28.5. The molecule has 1 atom stereocenters. The van der Waals surface area contributed by atoms with E-state index >= 15 is 4.39 Å². The quantitative estimate of drug-likeness (QED) is 0.463. The van der Waals surface area contributed by atoms with E-state index in [9.17, 15) is 13.8 Å². The van der Waals surface area contributed by atoms with Gasteiger partial charge in [-0.05, 0) is 80.1 Å². The largest absolute Gasteiger partial charge is 0.329 e. The normalized spacial score (nSPS) is 21.0. The van der Waals surface area contributed by atoms with E-state index in [2.05, 4.69) is 21.4 Å². The fraction of sp³-hybridized carbons (Fsp3) is 0.483. The Balaban J connectivity index is 1.11. The molecule has 218 valence electrons. The molecule has 0 aliphatic carbocycles. The number of hydrogen-bond acceptors (Lipinski definition) is 6. The Labute approximate surface area is 241 Å². The van der Waals surface area contributed by atoms with Gasteiger partial charge in [-0.3, -0.25) is 24.6 Å². The zero-order valence-corrected chi connectivity index (χ0v) is 24.0. The van der Waals surface area contributed by atoms with Gasteiger partial charge in [0.25, 0.3) is 0 Å². The highest BCUT2D eigenvalue weighted by Crippen LogP contribution is 2.36. The Morgan fingerprint density at radius 3 is 2.54 bits per heavy atom. The Morgan fingerprint density at radius 1 is 1.05 bits per heavy atom. The number of aromatic nitrogens is 2. The van der Waals surface area contributed by atoms with Crippen molar-refractivity contribution in [2.24, 2.45) is 12.8 Å². The number of carbonyl (C=O) groups excluding carboxylic acids is 2. The van der Waals surface area contributed by atoms with Crippen molar-refractivity contribution in [1.29, 1.82) is 0 Å². The second kappa shape index (κ2) is 11.6. The molecule has 4 heterocycles. The van der Waals surface area contributed by atoms with E-state index < -0.39 is 17.0 Å². The number of fused-ring (bicyclic) bond motifs is 1. The smallest absolute Gasteiger partial charge is 0.328 e. The Hall–Kier alpha value is -3.19. The minimum atomic E-state index is -1.18. The third-order valence-corrected chi connectivity index (χ3v) is 10.0. The SMILES string of the molecule is Cn1nc(N2CCC(=O)NC2=O)c2cc(F)c(C3CCN(Cc4cccc(S(=O)N5CCC(N)CC5)c4)CC3)cc21. The summed E-state index contributed by atoms with van der Waals surface area (Å²) in [7, 11) is 0.600. The number of hydrogen-bond donors (Lipinski definition) is 2. The fourth-order valence-electron chi connectivity index (χ4n) is 6.16. The summed E-state index contributed by atoms with van der Waals surface area (Å²) in [6.07, 6.45) is 3.56. The first-order chi connectivity index (χ1) is 19.8. The van der Waals surface area contributed by atoms with E-state index in [-0.39, 0.29) is 36.6 Å². The van der Waals surface area contributed by atoms with Crippen molar-refractivity contribution >= 4 is 39.6 Å². The van der Waals surface area contributed by atoms with E-state index in [1.165, 1.54) is 11.0 Å². The lowest BCUT2D eigenvalue weighted by atomic mass is 9.88. The molecule has 1 aromatic heterocycles. The van der Waals surface area contributed by atoms with Gasteiger partial charge in [0.15, 0.2) is 5.82 Å². The number of nitrogens with one attached hydrogen (secondary N) is 1. The molecule has 10 nitrogen and oxygen atoms in total. The minimum absolute atomic E-state index is 0.0780. The Kier molecular flexibility index (Phi) is 7.90. The first kappa shape index (κ1) is 28.0. The molecule has 3 saturated heterocycles. The summed E-state index contributed by atoms with van der Waals surface area (Å²) >= 11 is 0. The predicted octanol–water partition coefficient (Wildman–Crippen LogP) is 2.98. The second-order valence-electron chi connectivity index (χ2n) is 11.3. The summed E-state index contributed by atoms with van der Waals surface area (Å²) in [5.74, 6) is -0.182. The van der Waals surface area contributed by atoms with Crippen molar-refractivity contribution in [2.45, 2.75) is 55.5 Å². The van der Waals surface area contributed by atoms with Gasteiger partial charge in [0.1, 0.15) is 16.8 Å². The molecule has 3 fully saturated rings. The molecule has 0 saturated carbocycles. The van der Waals surface area contributed by atoms with E-state index in [1.54, 1.807) is 11.7 Å². The maximum Gasteiger partial charge on any atom is 0.329 e. The zero-order valence-electron chi connectivity index (χ0n) is 23.2. The Bertz CT molecular complexity index is 1500. The van der Waals surface area contributed by atoms with Crippen molar-refractivity contribution in [3.05, 3.63) is 53.3 Å².